The van der Waals surface area contributed by atoms with Gasteiger partial charge in [-0.25, -0.2) is 0 Å². The summed E-state index contributed by atoms with van der Waals surface area (Å²) in [6, 6.07) is 6.87. The van der Waals surface area contributed by atoms with Crippen LogP contribution in [-0.4, -0.2) is 83.4 Å². The maximum atomic E-state index is 14.3. The van der Waals surface area contributed by atoms with Crippen molar-refractivity contribution in [2.75, 3.05) is 42.6 Å². The number of carbonyl (C=O) groups excluding carboxylic acids is 2. The molecule has 9 nitrogen and oxygen atoms in total. The summed E-state index contributed by atoms with van der Waals surface area (Å²) in [7, 11) is 0. The van der Waals surface area contributed by atoms with Crippen LogP contribution in [0.2, 0.25) is 0 Å². The number of unbranched alkanes of at least 4 members (excludes halogenated alkanes) is 2. The summed E-state index contributed by atoms with van der Waals surface area (Å²) in [5.41, 5.74) is 0.608. The molecule has 1 aromatic rings. The van der Waals surface area contributed by atoms with Crippen molar-refractivity contribution in [3.8, 4) is 0 Å². The Morgan fingerprint density at radius 3 is 2.43 bits per heavy atom. The quantitative estimate of drug-likeness (QED) is 0.308. The van der Waals surface area contributed by atoms with Crippen LogP contribution in [0.3, 0.4) is 0 Å². The number of nitrogens with zero attached hydrogens (tertiary/aromatic N) is 3. The second-order valence-electron chi connectivity index (χ2n) is 10.1. The third kappa shape index (κ3) is 4.63. The number of benzene rings is 1. The van der Waals surface area contributed by atoms with E-state index in [2.05, 4.69) is 25.3 Å². The van der Waals surface area contributed by atoms with E-state index in [1.54, 1.807) is 15.9 Å². The highest BCUT2D eigenvalue weighted by atomic mass is 16.5. The summed E-state index contributed by atoms with van der Waals surface area (Å²) in [6.07, 6.45) is 4.01. The highest BCUT2D eigenvalue weighted by Crippen LogP contribution is 2.58. The van der Waals surface area contributed by atoms with Crippen LogP contribution in [0.25, 0.3) is 0 Å². The van der Waals surface area contributed by atoms with Crippen molar-refractivity contribution in [2.24, 2.45) is 11.8 Å². The summed E-state index contributed by atoms with van der Waals surface area (Å²) in [4.78, 5) is 45.6. The third-order valence-corrected chi connectivity index (χ3v) is 8.24. The van der Waals surface area contributed by atoms with Crippen molar-refractivity contribution < 1.29 is 29.3 Å². The molecule has 3 aliphatic rings. The van der Waals surface area contributed by atoms with Crippen LogP contribution in [0.5, 0.6) is 0 Å². The fourth-order valence-electron chi connectivity index (χ4n) is 6.56. The Hall–Kier alpha value is -2.91. The molecule has 0 aliphatic carbocycles. The molecule has 5 atom stereocenters. The SMILES string of the molecule is C=CCN(C(=O)C1N(CCCCCO)C(=O)[C@@H]2[C@H](C(=O)O)[C@@H]3CCC12O3)c1ccc(N(CC)CC)cc1. The molecular weight excluding hydrogens is 474 g/mol. The van der Waals surface area contributed by atoms with Gasteiger partial charge >= 0.3 is 5.97 Å². The molecule has 3 fully saturated rings. The lowest BCUT2D eigenvalue weighted by molar-refractivity contribution is -0.149. The van der Waals surface area contributed by atoms with E-state index in [0.29, 0.717) is 44.3 Å². The van der Waals surface area contributed by atoms with Gasteiger partial charge in [0.25, 0.3) is 5.91 Å². The van der Waals surface area contributed by atoms with Gasteiger partial charge in [0.05, 0.1) is 17.9 Å². The van der Waals surface area contributed by atoms with E-state index >= 15 is 0 Å². The topological polar surface area (TPSA) is 111 Å². The second kappa shape index (κ2) is 11.2. The van der Waals surface area contributed by atoms with E-state index in [-0.39, 0.29) is 25.0 Å². The Morgan fingerprint density at radius 1 is 1.16 bits per heavy atom. The molecule has 37 heavy (non-hydrogen) atoms. The monoisotopic (exact) mass is 513 g/mol. The van der Waals surface area contributed by atoms with Gasteiger partial charge in [0.2, 0.25) is 5.91 Å². The van der Waals surface area contributed by atoms with Gasteiger partial charge in [0.15, 0.2) is 0 Å². The van der Waals surface area contributed by atoms with Gasteiger partial charge in [-0.05, 0) is 70.2 Å². The number of carboxylic acid groups (broad SMARTS) is 1. The largest absolute Gasteiger partial charge is 0.481 e. The average Bonchev–Trinajstić information content (AvgIpc) is 3.53. The molecule has 2 unspecified atom stereocenters. The molecule has 3 saturated heterocycles. The summed E-state index contributed by atoms with van der Waals surface area (Å²) in [6.45, 7) is 10.4. The minimum atomic E-state index is -1.14. The molecule has 2 amide bonds. The Morgan fingerprint density at radius 2 is 1.84 bits per heavy atom. The number of hydrogen-bond acceptors (Lipinski definition) is 6. The first kappa shape index (κ1) is 27.1. The van der Waals surface area contributed by atoms with E-state index in [9.17, 15) is 19.5 Å². The van der Waals surface area contributed by atoms with Crippen LogP contribution in [0, 0.1) is 11.8 Å². The number of ether oxygens (including phenoxy) is 1. The highest BCUT2D eigenvalue weighted by Gasteiger charge is 2.74. The number of hydrogen-bond donors (Lipinski definition) is 2. The zero-order valence-corrected chi connectivity index (χ0v) is 21.8. The van der Waals surface area contributed by atoms with Crippen LogP contribution in [0.1, 0.15) is 46.0 Å². The maximum absolute atomic E-state index is 14.3. The number of aliphatic hydroxyl groups is 1. The first-order valence-electron chi connectivity index (χ1n) is 13.4. The molecule has 1 spiro atoms. The standard InChI is InChI=1S/C28H39N3O6/c1-4-16-30(20-12-10-19(11-13-20)29(5-2)6-3)26(34)24-28-15-14-21(37-28)22(27(35)36)23(28)25(33)31(24)17-8-7-9-18-32/h4,10-13,21-24,32H,1,5-9,14-18H2,2-3H3,(H,35,36)/t21-,22+,23-,24?,28?/m0/s1. The van der Waals surface area contributed by atoms with Gasteiger partial charge in [0, 0.05) is 44.2 Å². The first-order valence-corrected chi connectivity index (χ1v) is 13.4. The van der Waals surface area contributed by atoms with Crippen molar-refractivity contribution >= 4 is 29.2 Å². The predicted molar refractivity (Wildman–Crippen MR) is 140 cm³/mol. The molecule has 4 rings (SSSR count). The number of amides is 2. The number of fused-ring (bicyclic) bond motifs is 1. The van der Waals surface area contributed by atoms with Crippen LogP contribution in [-0.2, 0) is 19.1 Å². The van der Waals surface area contributed by atoms with E-state index in [1.165, 1.54) is 0 Å². The van der Waals surface area contributed by atoms with E-state index in [1.807, 2.05) is 24.3 Å². The Balaban J connectivity index is 1.69. The number of aliphatic carboxylic acids is 1. The van der Waals surface area contributed by atoms with Crippen molar-refractivity contribution in [1.82, 2.24) is 4.90 Å². The molecule has 2 N–H and O–H groups in total. The molecule has 0 saturated carbocycles. The van der Waals surface area contributed by atoms with E-state index in [0.717, 1.165) is 18.8 Å². The Kier molecular flexibility index (Phi) is 8.23. The molecule has 202 valence electrons. The third-order valence-electron chi connectivity index (χ3n) is 8.24. The fraction of sp³-hybridized carbons (Fsp3) is 0.607. The van der Waals surface area contributed by atoms with Gasteiger partial charge < -0.3 is 29.6 Å². The van der Waals surface area contributed by atoms with Gasteiger partial charge in [-0.2, -0.15) is 0 Å². The number of aliphatic hydroxyl groups excluding tert-OH is 1. The summed E-state index contributed by atoms with van der Waals surface area (Å²) in [5, 5.41) is 19.1. The normalized spacial score (nSPS) is 27.9. The summed E-state index contributed by atoms with van der Waals surface area (Å²) in [5.74, 6) is -3.45. The number of rotatable bonds is 13. The maximum Gasteiger partial charge on any atom is 0.310 e. The van der Waals surface area contributed by atoms with Crippen LogP contribution in [0.4, 0.5) is 11.4 Å². The Labute approximate surface area is 218 Å². The summed E-state index contributed by atoms with van der Waals surface area (Å²) < 4.78 is 6.30. The molecule has 3 aliphatic heterocycles. The average molecular weight is 514 g/mol. The second-order valence-corrected chi connectivity index (χ2v) is 10.1. The molecule has 3 heterocycles. The Bertz CT molecular complexity index is 1010. The van der Waals surface area contributed by atoms with E-state index in [4.69, 9.17) is 9.84 Å². The van der Waals surface area contributed by atoms with Crippen molar-refractivity contribution in [1.29, 1.82) is 0 Å². The highest BCUT2D eigenvalue weighted by molar-refractivity contribution is 6.04. The molecule has 1 aromatic carbocycles. The molecule has 0 aromatic heterocycles. The number of anilines is 2. The number of carboxylic acids is 1. The first-order chi connectivity index (χ1) is 17.8. The zero-order chi connectivity index (χ0) is 26.7. The molecule has 2 bridgehead atoms. The van der Waals surface area contributed by atoms with E-state index < -0.39 is 35.6 Å². The van der Waals surface area contributed by atoms with Crippen LogP contribution < -0.4 is 9.80 Å². The number of carbonyl (C=O) groups is 3. The van der Waals surface area contributed by atoms with Crippen LogP contribution >= 0.6 is 0 Å². The van der Waals surface area contributed by atoms with Crippen molar-refractivity contribution in [2.45, 2.75) is 63.7 Å². The van der Waals surface area contributed by atoms with Gasteiger partial charge in [-0.15, -0.1) is 6.58 Å². The van der Waals surface area contributed by atoms with Gasteiger partial charge in [0.1, 0.15) is 11.6 Å². The van der Waals surface area contributed by atoms with Gasteiger partial charge in [-0.1, -0.05) is 6.08 Å². The number of likely N-dealkylation sites (tertiary alicyclic amines) is 1. The molecular formula is C28H39N3O6. The van der Waals surface area contributed by atoms with Gasteiger partial charge in [-0.3, -0.25) is 14.4 Å². The van der Waals surface area contributed by atoms with Crippen molar-refractivity contribution in [3.63, 3.8) is 0 Å². The molecule has 9 heteroatoms. The smallest absolute Gasteiger partial charge is 0.310 e. The lowest BCUT2D eigenvalue weighted by atomic mass is 9.70. The lowest BCUT2D eigenvalue weighted by Crippen LogP contribution is -2.56. The van der Waals surface area contributed by atoms with Crippen LogP contribution in [0.15, 0.2) is 36.9 Å². The lowest BCUT2D eigenvalue weighted by Gasteiger charge is -2.37. The predicted octanol–water partition coefficient (Wildman–Crippen LogP) is 2.67. The van der Waals surface area contributed by atoms with Crippen molar-refractivity contribution in [3.05, 3.63) is 36.9 Å². The molecule has 0 radical (unpaired) electrons. The minimum absolute atomic E-state index is 0.0609. The zero-order valence-electron chi connectivity index (χ0n) is 21.8. The fourth-order valence-corrected chi connectivity index (χ4v) is 6.56. The minimum Gasteiger partial charge on any atom is -0.481 e. The summed E-state index contributed by atoms with van der Waals surface area (Å²) >= 11 is 0.